The highest BCUT2D eigenvalue weighted by Gasteiger charge is 2.60. The smallest absolute Gasteiger partial charge is 0.413 e. The Morgan fingerprint density at radius 1 is 1.04 bits per heavy atom. The van der Waals surface area contributed by atoms with E-state index in [1.807, 2.05) is 0 Å². The molecule has 0 bridgehead atoms. The lowest BCUT2D eigenvalue weighted by molar-refractivity contribution is -0.129. The third kappa shape index (κ3) is 6.53. The molecule has 10 nitrogen and oxygen atoms in total. The van der Waals surface area contributed by atoms with Crippen LogP contribution in [0.1, 0.15) is 118 Å². The van der Waals surface area contributed by atoms with E-state index < -0.39 is 42.9 Å². The normalized spacial score (nSPS) is 42.0. The molecule has 2 heterocycles. The number of hydrogen-bond donors (Lipinski definition) is 4. The number of rotatable bonds is 9. The van der Waals surface area contributed by atoms with Crippen molar-refractivity contribution in [2.75, 3.05) is 11.9 Å². The molecule has 47 heavy (non-hydrogen) atoms. The molecule has 0 spiro atoms. The summed E-state index contributed by atoms with van der Waals surface area (Å²) in [6.45, 7) is 11.9. The molecule has 13 atom stereocenters. The fraction of sp³-hybridized carbons (Fsp3) is 0.865. The Bertz CT molecular complexity index is 1320. The number of nitrogens with one attached hydrogen (secondary N) is 1. The van der Waals surface area contributed by atoms with Crippen LogP contribution >= 0.6 is 0 Å². The summed E-state index contributed by atoms with van der Waals surface area (Å²) in [7, 11) is 0. The quantitative estimate of drug-likeness (QED) is 0.257. The lowest BCUT2D eigenvalue weighted by atomic mass is 9.44. The minimum Gasteiger partial charge on any atom is -0.446 e. The number of carbonyl (C=O) groups is 1. The SMILES string of the molecule is CC(C)CCC[C@@H](C)[C@H]1CC[C@H]2[C@@H]3CCC4CC(OC(=O)Nc5ccn([C@@H]6O[C@H](CO)[C@@H](O)[C@@H]6O)c(=O)n5)CC[C@]4(C)[C@H]3CC[C@]12C. The molecule has 10 heteroatoms. The Morgan fingerprint density at radius 2 is 1.79 bits per heavy atom. The van der Waals surface area contributed by atoms with E-state index in [4.69, 9.17) is 9.47 Å². The van der Waals surface area contributed by atoms with Crippen LogP contribution in [0, 0.1) is 52.3 Å². The van der Waals surface area contributed by atoms with Gasteiger partial charge in [-0.2, -0.15) is 4.98 Å². The van der Waals surface area contributed by atoms with Crippen molar-refractivity contribution in [3.63, 3.8) is 0 Å². The average molecular weight is 658 g/mol. The highest BCUT2D eigenvalue weighted by atomic mass is 16.6. The van der Waals surface area contributed by atoms with Crippen LogP contribution < -0.4 is 11.0 Å². The fourth-order valence-electron chi connectivity index (χ4n) is 11.4. The number of ether oxygens (including phenoxy) is 2. The van der Waals surface area contributed by atoms with Crippen molar-refractivity contribution in [3.8, 4) is 0 Å². The van der Waals surface area contributed by atoms with Crippen LogP contribution in [0.4, 0.5) is 10.6 Å². The highest BCUT2D eigenvalue weighted by molar-refractivity contribution is 5.83. The van der Waals surface area contributed by atoms with Gasteiger partial charge < -0.3 is 24.8 Å². The van der Waals surface area contributed by atoms with Gasteiger partial charge in [-0.05, 0) is 116 Å². The molecular formula is C37H59N3O7. The zero-order chi connectivity index (χ0) is 33.7. The molecule has 4 aliphatic carbocycles. The largest absolute Gasteiger partial charge is 0.446 e. The number of carbonyl (C=O) groups excluding carboxylic acids is 1. The van der Waals surface area contributed by atoms with Crippen LogP contribution in [0.5, 0.6) is 0 Å². The van der Waals surface area contributed by atoms with Crippen molar-refractivity contribution >= 4 is 11.9 Å². The van der Waals surface area contributed by atoms with Crippen LogP contribution in [0.2, 0.25) is 0 Å². The molecule has 2 unspecified atom stereocenters. The maximum Gasteiger partial charge on any atom is 0.413 e. The zero-order valence-electron chi connectivity index (χ0n) is 29.1. The summed E-state index contributed by atoms with van der Waals surface area (Å²) in [5, 5.41) is 32.2. The summed E-state index contributed by atoms with van der Waals surface area (Å²) >= 11 is 0. The summed E-state index contributed by atoms with van der Waals surface area (Å²) in [5.41, 5.74) is 0.0192. The molecule has 1 aliphatic heterocycles. The fourth-order valence-corrected chi connectivity index (χ4v) is 11.4. The lowest BCUT2D eigenvalue weighted by Gasteiger charge is -2.61. The van der Waals surface area contributed by atoms with Gasteiger partial charge in [0.15, 0.2) is 6.23 Å². The molecule has 1 aromatic heterocycles. The van der Waals surface area contributed by atoms with Crippen molar-refractivity contribution in [1.29, 1.82) is 0 Å². The Hall–Kier alpha value is -2.01. The van der Waals surface area contributed by atoms with Crippen molar-refractivity contribution < 1.29 is 29.6 Å². The summed E-state index contributed by atoms with van der Waals surface area (Å²) in [6, 6.07) is 1.42. The summed E-state index contributed by atoms with van der Waals surface area (Å²) in [5.74, 6) is 5.50. The van der Waals surface area contributed by atoms with Gasteiger partial charge in [0.05, 0.1) is 6.61 Å². The van der Waals surface area contributed by atoms with Gasteiger partial charge >= 0.3 is 11.8 Å². The van der Waals surface area contributed by atoms with E-state index in [0.29, 0.717) is 16.7 Å². The number of anilines is 1. The van der Waals surface area contributed by atoms with Gasteiger partial charge in [-0.25, -0.2) is 9.59 Å². The number of fused-ring (bicyclic) bond motifs is 5. The molecule has 0 radical (unpaired) electrons. The number of amides is 1. The molecule has 5 fully saturated rings. The molecule has 5 aliphatic rings. The Balaban J connectivity index is 1.03. The van der Waals surface area contributed by atoms with Crippen LogP contribution in [0.25, 0.3) is 0 Å². The van der Waals surface area contributed by atoms with Crippen LogP contribution in [0.15, 0.2) is 17.1 Å². The van der Waals surface area contributed by atoms with Crippen LogP contribution in [0.3, 0.4) is 0 Å². The van der Waals surface area contributed by atoms with Gasteiger partial charge in [0.1, 0.15) is 30.2 Å². The molecule has 6 rings (SSSR count). The Morgan fingerprint density at radius 3 is 2.49 bits per heavy atom. The van der Waals surface area contributed by atoms with Gasteiger partial charge in [0.2, 0.25) is 0 Å². The van der Waals surface area contributed by atoms with Crippen molar-refractivity contribution in [1.82, 2.24) is 9.55 Å². The number of aliphatic hydroxyl groups excluding tert-OH is 3. The molecule has 1 saturated heterocycles. The topological polar surface area (TPSA) is 143 Å². The van der Waals surface area contributed by atoms with E-state index in [1.165, 1.54) is 70.1 Å². The van der Waals surface area contributed by atoms with Crippen molar-refractivity contribution in [2.45, 2.75) is 142 Å². The lowest BCUT2D eigenvalue weighted by Crippen LogP contribution is -2.54. The number of nitrogens with zero attached hydrogens (tertiary/aromatic N) is 2. The van der Waals surface area contributed by atoms with E-state index in [9.17, 15) is 24.9 Å². The van der Waals surface area contributed by atoms with Crippen molar-refractivity contribution in [3.05, 3.63) is 22.7 Å². The van der Waals surface area contributed by atoms with E-state index >= 15 is 0 Å². The summed E-state index contributed by atoms with van der Waals surface area (Å²) in [4.78, 5) is 29.5. The van der Waals surface area contributed by atoms with E-state index in [-0.39, 0.29) is 11.9 Å². The number of aliphatic hydroxyl groups is 3. The van der Waals surface area contributed by atoms with Gasteiger partial charge in [-0.1, -0.05) is 53.9 Å². The van der Waals surface area contributed by atoms with Gasteiger partial charge in [-0.3, -0.25) is 9.88 Å². The molecule has 1 aromatic rings. The predicted molar refractivity (Wildman–Crippen MR) is 178 cm³/mol. The van der Waals surface area contributed by atoms with Crippen LogP contribution in [-0.2, 0) is 9.47 Å². The second-order valence-electron chi connectivity index (χ2n) is 16.8. The molecule has 4 N–H and O–H groups in total. The van der Waals surface area contributed by atoms with Crippen LogP contribution in [-0.4, -0.2) is 62.0 Å². The maximum absolute atomic E-state index is 12.9. The molecule has 1 amide bonds. The van der Waals surface area contributed by atoms with E-state index in [2.05, 4.69) is 44.9 Å². The first-order chi connectivity index (χ1) is 22.4. The predicted octanol–water partition coefficient (Wildman–Crippen LogP) is 5.89. The summed E-state index contributed by atoms with van der Waals surface area (Å²) < 4.78 is 12.4. The maximum atomic E-state index is 12.9. The van der Waals surface area contributed by atoms with Crippen molar-refractivity contribution in [2.24, 2.45) is 52.3 Å². The molecule has 264 valence electrons. The highest BCUT2D eigenvalue weighted by Crippen LogP contribution is 2.68. The van der Waals surface area contributed by atoms with Gasteiger partial charge in [-0.15, -0.1) is 0 Å². The third-order valence-electron chi connectivity index (χ3n) is 13.9. The Kier molecular flexibility index (Phi) is 10.2. The first kappa shape index (κ1) is 34.8. The van der Waals surface area contributed by atoms with E-state index in [0.717, 1.165) is 59.3 Å². The molecule has 4 saturated carbocycles. The average Bonchev–Trinajstić information content (AvgIpc) is 3.52. The second kappa shape index (κ2) is 13.7. The monoisotopic (exact) mass is 657 g/mol. The summed E-state index contributed by atoms with van der Waals surface area (Å²) in [6.07, 6.45) is 10.5. The van der Waals surface area contributed by atoms with Gasteiger partial charge in [0.25, 0.3) is 0 Å². The first-order valence-corrected chi connectivity index (χ1v) is 18.5. The minimum atomic E-state index is -1.40. The number of hydrogen-bond acceptors (Lipinski definition) is 8. The first-order valence-electron chi connectivity index (χ1n) is 18.5. The second-order valence-corrected chi connectivity index (χ2v) is 16.8. The minimum absolute atomic E-state index is 0.0403. The zero-order valence-corrected chi connectivity index (χ0v) is 29.1. The van der Waals surface area contributed by atoms with Gasteiger partial charge in [0, 0.05) is 6.20 Å². The Labute approximate surface area is 280 Å². The number of aromatic nitrogens is 2. The van der Waals surface area contributed by atoms with E-state index in [1.54, 1.807) is 0 Å². The standard InChI is InChI=1S/C37H59N3O7/c1-21(2)7-6-8-22(3)26-11-12-27-25-10-9-23-19-24(13-16-36(23,4)28(25)14-17-37(26,27)5)46-35(45)39-30-15-18-40(34(44)38-30)33-32(43)31(42)29(20-41)47-33/h15,18,21-29,31-33,41-43H,6-14,16-17,19-20H2,1-5H3,(H,38,39,44,45)/t22-,23?,24?,25+,26-,27+,28+,29-,31-,32+,33-,36+,37-/m1/s1. The molecular weight excluding hydrogens is 598 g/mol. The third-order valence-corrected chi connectivity index (χ3v) is 13.9. The molecule has 0 aromatic carbocycles.